The van der Waals surface area contributed by atoms with E-state index < -0.39 is 17.2 Å². The zero-order chi connectivity index (χ0) is 20.5. The summed E-state index contributed by atoms with van der Waals surface area (Å²) in [5.41, 5.74) is 9.14. The normalized spacial score (nSPS) is 22.2. The fourth-order valence-electron chi connectivity index (χ4n) is 4.01. The molecule has 3 rings (SSSR count). The minimum Gasteiger partial charge on any atom is -0.366 e. The molecule has 1 atom stereocenters. The van der Waals surface area contributed by atoms with Gasteiger partial charge in [-0.15, -0.1) is 0 Å². The minimum absolute atomic E-state index is 0.260. The van der Waals surface area contributed by atoms with Gasteiger partial charge in [0.25, 0.3) is 0 Å². The first-order valence-corrected chi connectivity index (χ1v) is 8.94. The molecular formula is C22H21N5O. The van der Waals surface area contributed by atoms with E-state index in [1.165, 1.54) is 0 Å². The van der Waals surface area contributed by atoms with Crippen LogP contribution in [0.25, 0.3) is 0 Å². The van der Waals surface area contributed by atoms with E-state index >= 15 is 0 Å². The van der Waals surface area contributed by atoms with E-state index in [9.17, 15) is 15.3 Å². The van der Waals surface area contributed by atoms with Gasteiger partial charge in [-0.05, 0) is 38.8 Å². The summed E-state index contributed by atoms with van der Waals surface area (Å²) in [5, 5.41) is 22.9. The number of primary amides is 1. The summed E-state index contributed by atoms with van der Waals surface area (Å²) in [6, 6.07) is 8.37. The van der Waals surface area contributed by atoms with Crippen LogP contribution in [0.3, 0.4) is 0 Å². The second-order valence-corrected chi connectivity index (χ2v) is 7.21. The highest BCUT2D eigenvalue weighted by molar-refractivity contribution is 5.93. The number of nitrogens with two attached hydrogens (primary N) is 1. The number of nitrogens with one attached hydrogen (secondary N) is 1. The van der Waals surface area contributed by atoms with Crippen LogP contribution in [-0.4, -0.2) is 10.9 Å². The standard InChI is InChI=1S/C22H21N5O/c1-13-6-7-19(26-12-13)22(8-4-5-16(9-22)21(25)28)20-17(10-23)14(2)27-15(3)18(20)11-24/h4-8,12,20,27H,9H2,1-3H3,(H2,25,28). The SMILES string of the molecule is CC1=C(C#N)C(C2(c3ccc(C)cn3)C=CC=C(C(N)=O)C2)C(C#N)=C(C)N1. The monoisotopic (exact) mass is 371 g/mol. The number of nitrogens with zero attached hydrogens (tertiary/aromatic N) is 3. The maximum atomic E-state index is 12.0. The lowest BCUT2D eigenvalue weighted by atomic mass is 9.61. The molecule has 140 valence electrons. The van der Waals surface area contributed by atoms with Crippen molar-refractivity contribution in [3.8, 4) is 12.1 Å². The Kier molecular flexibility index (Phi) is 4.90. The van der Waals surface area contributed by atoms with Gasteiger partial charge in [-0.3, -0.25) is 9.78 Å². The number of aryl methyl sites for hydroxylation is 1. The van der Waals surface area contributed by atoms with Crippen LogP contribution in [0.2, 0.25) is 0 Å². The number of carbonyl (C=O) groups excluding carboxylic acids is 1. The molecule has 1 amide bonds. The Balaban J connectivity index is 2.32. The van der Waals surface area contributed by atoms with Crippen LogP contribution < -0.4 is 11.1 Å². The summed E-state index contributed by atoms with van der Waals surface area (Å²) < 4.78 is 0. The number of pyridine rings is 1. The topological polar surface area (TPSA) is 116 Å². The summed E-state index contributed by atoms with van der Waals surface area (Å²) in [7, 11) is 0. The Hall–Kier alpha value is -3.64. The lowest BCUT2D eigenvalue weighted by molar-refractivity contribution is -0.114. The van der Waals surface area contributed by atoms with Crippen LogP contribution in [0, 0.1) is 35.5 Å². The molecule has 28 heavy (non-hydrogen) atoms. The lowest BCUT2D eigenvalue weighted by Gasteiger charge is -2.42. The highest BCUT2D eigenvalue weighted by Gasteiger charge is 2.48. The van der Waals surface area contributed by atoms with Crippen LogP contribution in [0.15, 0.2) is 64.7 Å². The third-order valence-electron chi connectivity index (χ3n) is 5.40. The van der Waals surface area contributed by atoms with Gasteiger partial charge in [-0.1, -0.05) is 24.3 Å². The largest absolute Gasteiger partial charge is 0.366 e. The smallest absolute Gasteiger partial charge is 0.244 e. The van der Waals surface area contributed by atoms with Crippen LogP contribution in [0.1, 0.15) is 31.5 Å². The number of allylic oxidation sites excluding steroid dienone is 7. The van der Waals surface area contributed by atoms with Gasteiger partial charge in [-0.25, -0.2) is 0 Å². The number of amides is 1. The molecule has 0 saturated carbocycles. The predicted molar refractivity (Wildman–Crippen MR) is 105 cm³/mol. The van der Waals surface area contributed by atoms with E-state index in [0.29, 0.717) is 33.8 Å². The lowest BCUT2D eigenvalue weighted by Crippen LogP contribution is -2.42. The van der Waals surface area contributed by atoms with E-state index in [2.05, 4.69) is 22.4 Å². The molecule has 0 saturated heterocycles. The number of aromatic nitrogens is 1. The number of dihydropyridines is 1. The molecule has 0 bridgehead atoms. The molecule has 0 radical (unpaired) electrons. The summed E-state index contributed by atoms with van der Waals surface area (Å²) in [5.74, 6) is -1.09. The van der Waals surface area contributed by atoms with Crippen molar-refractivity contribution in [3.63, 3.8) is 0 Å². The molecule has 0 spiro atoms. The van der Waals surface area contributed by atoms with Gasteiger partial charge in [0.2, 0.25) is 5.91 Å². The molecule has 0 fully saturated rings. The Morgan fingerprint density at radius 3 is 2.36 bits per heavy atom. The molecule has 1 aliphatic carbocycles. The number of carbonyl (C=O) groups is 1. The first-order chi connectivity index (χ1) is 13.3. The van der Waals surface area contributed by atoms with Crippen molar-refractivity contribution in [1.29, 1.82) is 10.5 Å². The third kappa shape index (κ3) is 3.00. The van der Waals surface area contributed by atoms with Crippen molar-refractivity contribution in [1.82, 2.24) is 10.3 Å². The maximum Gasteiger partial charge on any atom is 0.244 e. The van der Waals surface area contributed by atoms with Gasteiger partial charge in [0.05, 0.1) is 29.0 Å². The Morgan fingerprint density at radius 1 is 1.21 bits per heavy atom. The highest BCUT2D eigenvalue weighted by Crippen LogP contribution is 2.49. The van der Waals surface area contributed by atoms with E-state index in [4.69, 9.17) is 5.73 Å². The number of hydrogen-bond donors (Lipinski definition) is 2. The number of hydrogen-bond acceptors (Lipinski definition) is 5. The third-order valence-corrected chi connectivity index (χ3v) is 5.40. The van der Waals surface area contributed by atoms with Gasteiger partial charge < -0.3 is 11.1 Å². The molecule has 6 heteroatoms. The molecule has 2 aliphatic rings. The zero-order valence-corrected chi connectivity index (χ0v) is 16.1. The maximum absolute atomic E-state index is 12.0. The summed E-state index contributed by atoms with van der Waals surface area (Å²) >= 11 is 0. The molecule has 1 aromatic rings. The number of rotatable bonds is 3. The summed E-state index contributed by atoms with van der Waals surface area (Å²) in [6.45, 7) is 5.57. The fourth-order valence-corrected chi connectivity index (χ4v) is 4.01. The van der Waals surface area contributed by atoms with Crippen molar-refractivity contribution in [2.75, 3.05) is 0 Å². The first kappa shape index (κ1) is 19.1. The fraction of sp³-hybridized carbons (Fsp3) is 0.273. The van der Waals surface area contributed by atoms with Gasteiger partial charge >= 0.3 is 0 Å². The first-order valence-electron chi connectivity index (χ1n) is 8.94. The molecule has 2 heterocycles. The average molecular weight is 371 g/mol. The van der Waals surface area contributed by atoms with Crippen LogP contribution in [0.5, 0.6) is 0 Å². The Bertz CT molecular complexity index is 1010. The predicted octanol–water partition coefficient (Wildman–Crippen LogP) is 2.81. The van der Waals surface area contributed by atoms with Gasteiger partial charge in [0, 0.05) is 34.5 Å². The summed E-state index contributed by atoms with van der Waals surface area (Å²) in [6.07, 6.45) is 7.39. The highest BCUT2D eigenvalue weighted by atomic mass is 16.1. The molecule has 0 aromatic carbocycles. The molecular weight excluding hydrogens is 350 g/mol. The van der Waals surface area contributed by atoms with Crippen LogP contribution in [-0.2, 0) is 10.2 Å². The van der Waals surface area contributed by atoms with E-state index in [1.807, 2.05) is 39.0 Å². The van der Waals surface area contributed by atoms with E-state index in [-0.39, 0.29) is 6.42 Å². The Labute approximate surface area is 164 Å². The van der Waals surface area contributed by atoms with Gasteiger partial charge in [0.1, 0.15) is 0 Å². The van der Waals surface area contributed by atoms with Crippen LogP contribution >= 0.6 is 0 Å². The van der Waals surface area contributed by atoms with Crippen molar-refractivity contribution in [2.45, 2.75) is 32.6 Å². The zero-order valence-electron chi connectivity index (χ0n) is 16.1. The molecule has 1 unspecified atom stereocenters. The summed E-state index contributed by atoms with van der Waals surface area (Å²) in [4.78, 5) is 16.6. The molecule has 3 N–H and O–H groups in total. The van der Waals surface area contributed by atoms with Gasteiger partial charge in [0.15, 0.2) is 0 Å². The quantitative estimate of drug-likeness (QED) is 0.847. The number of nitriles is 2. The molecule has 6 nitrogen and oxygen atoms in total. The van der Waals surface area contributed by atoms with Gasteiger partial charge in [-0.2, -0.15) is 10.5 Å². The average Bonchev–Trinajstić information content (AvgIpc) is 2.68. The second kappa shape index (κ2) is 7.17. The van der Waals surface area contributed by atoms with E-state index in [1.54, 1.807) is 18.3 Å². The van der Waals surface area contributed by atoms with E-state index in [0.717, 1.165) is 5.56 Å². The minimum atomic E-state index is -0.867. The van der Waals surface area contributed by atoms with Crippen molar-refractivity contribution < 1.29 is 4.79 Å². The van der Waals surface area contributed by atoms with Crippen molar-refractivity contribution in [3.05, 3.63) is 75.9 Å². The second-order valence-electron chi connectivity index (χ2n) is 7.21. The van der Waals surface area contributed by atoms with Crippen molar-refractivity contribution in [2.24, 2.45) is 11.7 Å². The Morgan fingerprint density at radius 2 is 1.86 bits per heavy atom. The molecule has 1 aromatic heterocycles. The van der Waals surface area contributed by atoms with Crippen LogP contribution in [0.4, 0.5) is 0 Å². The molecule has 1 aliphatic heterocycles. The van der Waals surface area contributed by atoms with Crippen molar-refractivity contribution >= 4 is 5.91 Å².